The highest BCUT2D eigenvalue weighted by Gasteiger charge is 2.16. The van der Waals surface area contributed by atoms with Crippen LogP contribution in [0.2, 0.25) is 0 Å². The third-order valence-corrected chi connectivity index (χ3v) is 2.82. The first-order valence-corrected chi connectivity index (χ1v) is 5.07. The molecule has 0 amide bonds. The summed E-state index contributed by atoms with van der Waals surface area (Å²) in [6.07, 6.45) is 9.83. The van der Waals surface area contributed by atoms with Gasteiger partial charge in [-0.1, -0.05) is 11.1 Å². The molecular weight excluding hydrogens is 176 g/mol. The molecule has 74 valence electrons. The second-order valence-electron chi connectivity index (χ2n) is 3.94. The molecule has 0 saturated heterocycles. The number of ketones is 1. The van der Waals surface area contributed by atoms with Crippen molar-refractivity contribution in [3.05, 3.63) is 35.1 Å². The molecule has 0 atom stereocenters. The minimum atomic E-state index is -0.0561. The lowest BCUT2D eigenvalue weighted by Gasteiger charge is -2.00. The van der Waals surface area contributed by atoms with Crippen molar-refractivity contribution in [3.8, 4) is 0 Å². The third-order valence-electron chi connectivity index (χ3n) is 2.82. The summed E-state index contributed by atoms with van der Waals surface area (Å²) in [5.74, 6) is -0.0561. The van der Waals surface area contributed by atoms with Gasteiger partial charge >= 0.3 is 0 Å². The minimum Gasteiger partial charge on any atom is -0.515 e. The summed E-state index contributed by atoms with van der Waals surface area (Å²) in [5, 5.41) is 8.92. The maximum atomic E-state index is 11.6. The van der Waals surface area contributed by atoms with Crippen LogP contribution >= 0.6 is 0 Å². The van der Waals surface area contributed by atoms with Gasteiger partial charge in [-0.3, -0.25) is 4.79 Å². The van der Waals surface area contributed by atoms with Crippen LogP contribution in [0.4, 0.5) is 0 Å². The molecule has 2 aliphatic rings. The Labute approximate surface area is 83.6 Å². The van der Waals surface area contributed by atoms with Crippen molar-refractivity contribution >= 4 is 5.78 Å². The van der Waals surface area contributed by atoms with Gasteiger partial charge in [-0.25, -0.2) is 0 Å². The first kappa shape index (κ1) is 9.25. The van der Waals surface area contributed by atoms with E-state index in [-0.39, 0.29) is 5.78 Å². The zero-order valence-electron chi connectivity index (χ0n) is 8.12. The summed E-state index contributed by atoms with van der Waals surface area (Å²) in [5.41, 5.74) is 2.92. The van der Waals surface area contributed by atoms with E-state index in [9.17, 15) is 4.79 Å². The minimum absolute atomic E-state index is 0.0561. The predicted octanol–water partition coefficient (Wildman–Crippen LogP) is 2.83. The SMILES string of the molecule is O=C1C=C2CCCCC(=C/C1=C/O)C2. The lowest BCUT2D eigenvalue weighted by atomic mass is 10.1. The molecule has 2 bridgehead atoms. The van der Waals surface area contributed by atoms with E-state index in [1.165, 1.54) is 24.0 Å². The van der Waals surface area contributed by atoms with E-state index in [1.54, 1.807) is 6.08 Å². The summed E-state index contributed by atoms with van der Waals surface area (Å²) >= 11 is 0. The molecule has 2 rings (SSSR count). The van der Waals surface area contributed by atoms with Crippen molar-refractivity contribution in [2.24, 2.45) is 0 Å². The Balaban J connectivity index is 2.40. The molecule has 2 heteroatoms. The summed E-state index contributed by atoms with van der Waals surface area (Å²) in [4.78, 5) is 11.6. The maximum absolute atomic E-state index is 11.6. The van der Waals surface area contributed by atoms with E-state index in [4.69, 9.17) is 5.11 Å². The van der Waals surface area contributed by atoms with Crippen LogP contribution in [-0.4, -0.2) is 10.9 Å². The van der Waals surface area contributed by atoms with E-state index >= 15 is 0 Å². The summed E-state index contributed by atoms with van der Waals surface area (Å²) < 4.78 is 0. The van der Waals surface area contributed by atoms with Crippen LogP contribution in [0.1, 0.15) is 32.1 Å². The van der Waals surface area contributed by atoms with E-state index in [1.807, 2.05) is 6.08 Å². The van der Waals surface area contributed by atoms with Crippen molar-refractivity contribution < 1.29 is 9.90 Å². The smallest absolute Gasteiger partial charge is 0.188 e. The molecular formula is C12H14O2. The highest BCUT2D eigenvalue weighted by atomic mass is 16.2. The zero-order chi connectivity index (χ0) is 9.97. The van der Waals surface area contributed by atoms with Gasteiger partial charge in [0, 0.05) is 0 Å². The number of allylic oxidation sites excluding steroid dienone is 5. The first-order valence-electron chi connectivity index (χ1n) is 5.07. The molecule has 1 fully saturated rings. The van der Waals surface area contributed by atoms with Gasteiger partial charge in [0.15, 0.2) is 5.78 Å². The van der Waals surface area contributed by atoms with Crippen LogP contribution < -0.4 is 0 Å². The van der Waals surface area contributed by atoms with Crippen LogP contribution in [0.15, 0.2) is 35.1 Å². The number of aliphatic hydroxyl groups excluding tert-OH is 1. The molecule has 14 heavy (non-hydrogen) atoms. The Bertz CT molecular complexity index is 345. The summed E-state index contributed by atoms with van der Waals surface area (Å²) in [6.45, 7) is 0. The normalized spacial score (nSPS) is 25.1. The molecule has 1 N–H and O–H groups in total. The molecule has 0 spiro atoms. The van der Waals surface area contributed by atoms with Crippen LogP contribution in [0, 0.1) is 0 Å². The van der Waals surface area contributed by atoms with Gasteiger partial charge in [0.05, 0.1) is 11.8 Å². The van der Waals surface area contributed by atoms with Gasteiger partial charge in [-0.05, 0) is 44.3 Å². The van der Waals surface area contributed by atoms with E-state index in [0.29, 0.717) is 5.57 Å². The highest BCUT2D eigenvalue weighted by Crippen LogP contribution is 2.30. The lowest BCUT2D eigenvalue weighted by Crippen LogP contribution is -1.96. The van der Waals surface area contributed by atoms with Crippen molar-refractivity contribution in [1.29, 1.82) is 0 Å². The largest absolute Gasteiger partial charge is 0.515 e. The Morgan fingerprint density at radius 1 is 1.14 bits per heavy atom. The molecule has 0 aromatic heterocycles. The van der Waals surface area contributed by atoms with Crippen molar-refractivity contribution in [2.45, 2.75) is 32.1 Å². The van der Waals surface area contributed by atoms with Gasteiger partial charge in [0.1, 0.15) is 0 Å². The Hall–Kier alpha value is -1.31. The Morgan fingerprint density at radius 3 is 2.43 bits per heavy atom. The first-order chi connectivity index (χ1) is 6.79. The van der Waals surface area contributed by atoms with Crippen molar-refractivity contribution in [2.75, 3.05) is 0 Å². The number of hydrogen-bond acceptors (Lipinski definition) is 2. The number of aliphatic hydroxyl groups is 1. The monoisotopic (exact) mass is 190 g/mol. The molecule has 0 aliphatic heterocycles. The molecule has 2 nitrogen and oxygen atoms in total. The average molecular weight is 190 g/mol. The van der Waals surface area contributed by atoms with Crippen LogP contribution in [0.25, 0.3) is 0 Å². The van der Waals surface area contributed by atoms with E-state index < -0.39 is 0 Å². The highest BCUT2D eigenvalue weighted by molar-refractivity contribution is 6.06. The van der Waals surface area contributed by atoms with Crippen LogP contribution in [-0.2, 0) is 4.79 Å². The molecule has 1 saturated carbocycles. The average Bonchev–Trinajstić information content (AvgIpc) is 2.47. The molecule has 0 aromatic carbocycles. The number of hydrogen-bond donors (Lipinski definition) is 1. The number of rotatable bonds is 0. The second-order valence-corrected chi connectivity index (χ2v) is 3.94. The molecule has 0 heterocycles. The standard InChI is InChI=1S/C12H14O2/c13-8-11-6-9-3-1-2-4-10(5-9)7-12(11)14/h6-8,13H,1-5H2/b11-8-. The topological polar surface area (TPSA) is 37.3 Å². The van der Waals surface area contributed by atoms with Gasteiger partial charge in [0.2, 0.25) is 0 Å². The van der Waals surface area contributed by atoms with Gasteiger partial charge < -0.3 is 5.11 Å². The third kappa shape index (κ3) is 1.79. The fourth-order valence-corrected chi connectivity index (χ4v) is 2.08. The van der Waals surface area contributed by atoms with Gasteiger partial charge in [-0.2, -0.15) is 0 Å². The number of carbonyl (C=O) groups is 1. The second kappa shape index (κ2) is 3.82. The lowest BCUT2D eigenvalue weighted by molar-refractivity contribution is -0.111. The molecule has 0 aromatic rings. The van der Waals surface area contributed by atoms with Crippen molar-refractivity contribution in [1.82, 2.24) is 0 Å². The van der Waals surface area contributed by atoms with Crippen LogP contribution in [0.3, 0.4) is 0 Å². The van der Waals surface area contributed by atoms with E-state index in [0.717, 1.165) is 25.5 Å². The maximum Gasteiger partial charge on any atom is 0.188 e. The molecule has 2 aliphatic carbocycles. The van der Waals surface area contributed by atoms with Crippen LogP contribution in [0.5, 0.6) is 0 Å². The fraction of sp³-hybridized carbons (Fsp3) is 0.417. The van der Waals surface area contributed by atoms with E-state index in [2.05, 4.69) is 0 Å². The number of fused-ring (bicyclic) bond motifs is 2. The zero-order valence-corrected chi connectivity index (χ0v) is 8.12. The Kier molecular flexibility index (Phi) is 2.53. The van der Waals surface area contributed by atoms with Gasteiger partial charge in [-0.15, -0.1) is 0 Å². The fourth-order valence-electron chi connectivity index (χ4n) is 2.08. The summed E-state index contributed by atoms with van der Waals surface area (Å²) in [7, 11) is 0. The molecule has 0 radical (unpaired) electrons. The Morgan fingerprint density at radius 2 is 1.79 bits per heavy atom. The van der Waals surface area contributed by atoms with Crippen molar-refractivity contribution in [3.63, 3.8) is 0 Å². The molecule has 0 unspecified atom stereocenters. The number of carbonyl (C=O) groups excluding carboxylic acids is 1. The predicted molar refractivity (Wildman–Crippen MR) is 55.0 cm³/mol. The summed E-state index contributed by atoms with van der Waals surface area (Å²) in [6, 6.07) is 0. The van der Waals surface area contributed by atoms with Gasteiger partial charge in [0.25, 0.3) is 0 Å². The quantitative estimate of drug-likeness (QED) is 0.471.